The van der Waals surface area contributed by atoms with E-state index in [1.54, 1.807) is 32.3 Å². The van der Waals surface area contributed by atoms with Crippen LogP contribution >= 0.6 is 15.6 Å². The average Bonchev–Trinajstić information content (AvgIpc) is 3.79. The summed E-state index contributed by atoms with van der Waals surface area (Å²) in [6.45, 7) is -1.03. The Hall–Kier alpha value is -3.42. The molecule has 44 heavy (non-hydrogen) atoms. The lowest BCUT2D eigenvalue weighted by Crippen LogP contribution is -2.32. The number of ether oxygens (including phenoxy) is 2. The highest BCUT2D eigenvalue weighted by Crippen LogP contribution is 2.53. The number of hydrogen-bond donors (Lipinski definition) is 3. The van der Waals surface area contributed by atoms with Gasteiger partial charge in [-0.2, -0.15) is 0 Å². The van der Waals surface area contributed by atoms with Gasteiger partial charge in [-0.1, -0.05) is 0 Å². The van der Waals surface area contributed by atoms with Gasteiger partial charge in [-0.05, 0) is 0 Å². The van der Waals surface area contributed by atoms with E-state index in [4.69, 9.17) is 33.3 Å². The number of fused-ring (bicyclic) bond motifs is 6. The molecule has 8 atom stereocenters. The molecule has 3 aliphatic heterocycles. The lowest BCUT2D eigenvalue weighted by atomic mass is 10.2. The van der Waals surface area contributed by atoms with E-state index in [1.165, 1.54) is 19.0 Å². The number of phosphoric acid groups is 2. The Morgan fingerprint density at radius 2 is 1.32 bits per heavy atom. The number of hydrogen-bond acceptors (Lipinski definition) is 15. The van der Waals surface area contributed by atoms with Crippen LogP contribution in [0.2, 0.25) is 0 Å². The zero-order valence-electron chi connectivity index (χ0n) is 22.4. The normalized spacial score (nSPS) is 35.0. The topological polar surface area (TPSA) is 248 Å². The molecule has 8 rings (SSSR count). The Bertz CT molecular complexity index is 1980. The Morgan fingerprint density at radius 1 is 0.727 bits per heavy atom. The number of anilines is 1. The van der Waals surface area contributed by atoms with Crippen LogP contribution in [0.5, 0.6) is 0 Å². The van der Waals surface area contributed by atoms with Crippen LogP contribution in [0.25, 0.3) is 28.0 Å². The standard InChI is InChI=1S/C22H24N10O10P2/c23-19-17-21(26-7-25-19)31(9-27-17)15-3-11-13(39-15)5-37-44(35,36)42-12-4-16(40-14(12)6-38-43(33,34)41-11)32-10-28-18-20-24-1-2-30(20)8-29-22(18)32/h1-2,7-16H,3-6H2,(H,33,34)(H,35,36)(H2,23,25,26)/t11-,12-,13+,14+,15+,16+/m0/s1. The zero-order chi connectivity index (χ0) is 30.2. The summed E-state index contributed by atoms with van der Waals surface area (Å²) in [6, 6.07) is 0. The molecule has 0 saturated carbocycles. The first-order valence-corrected chi connectivity index (χ1v) is 16.3. The monoisotopic (exact) mass is 650 g/mol. The highest BCUT2D eigenvalue weighted by atomic mass is 31.2. The van der Waals surface area contributed by atoms with Crippen LogP contribution in [0.15, 0.2) is 37.7 Å². The Labute approximate surface area is 245 Å². The SMILES string of the molecule is Nc1ncnc2c1ncn2[C@H]1C[C@@H]2OP(=O)(O)OC[C@H]3O[C@@H](n4cnc5c4ncn4ccnc54)C[C@@H]3OP(=O)(O)OC[C@H]2O1. The van der Waals surface area contributed by atoms with Gasteiger partial charge in [0.1, 0.15) is 55.0 Å². The fourth-order valence-corrected chi connectivity index (χ4v) is 7.56. The molecule has 22 heteroatoms. The number of rotatable bonds is 2. The minimum Gasteiger partial charge on any atom is -0.382 e. The van der Waals surface area contributed by atoms with Gasteiger partial charge in [0.15, 0.2) is 28.3 Å². The van der Waals surface area contributed by atoms with E-state index < -0.39 is 65.7 Å². The largest absolute Gasteiger partial charge is 0.472 e. The number of nitrogen functional groups attached to an aromatic ring is 1. The fourth-order valence-electron chi connectivity index (χ4n) is 5.64. The number of phosphoric ester groups is 2. The van der Waals surface area contributed by atoms with Gasteiger partial charge in [0.25, 0.3) is 0 Å². The molecule has 0 bridgehead atoms. The second-order valence-electron chi connectivity index (χ2n) is 10.4. The molecule has 4 N–H and O–H groups in total. The third-order valence-corrected chi connectivity index (χ3v) is 9.69. The minimum absolute atomic E-state index is 0.0169. The van der Waals surface area contributed by atoms with Crippen LogP contribution in [-0.2, 0) is 36.7 Å². The van der Waals surface area contributed by atoms with Crippen molar-refractivity contribution in [3.8, 4) is 0 Å². The smallest absolute Gasteiger partial charge is 0.382 e. The van der Waals surface area contributed by atoms with E-state index in [-0.39, 0.29) is 18.7 Å². The van der Waals surface area contributed by atoms with E-state index in [0.717, 1.165) is 0 Å². The van der Waals surface area contributed by atoms with Crippen LogP contribution in [0.1, 0.15) is 25.3 Å². The van der Waals surface area contributed by atoms with Gasteiger partial charge in [0.2, 0.25) is 0 Å². The maximum absolute atomic E-state index is 13.1. The van der Waals surface area contributed by atoms with E-state index in [2.05, 4.69) is 29.9 Å². The first-order valence-electron chi connectivity index (χ1n) is 13.3. The van der Waals surface area contributed by atoms with E-state index >= 15 is 0 Å². The molecule has 0 aromatic carbocycles. The summed E-state index contributed by atoms with van der Waals surface area (Å²) in [5, 5.41) is 0. The van der Waals surface area contributed by atoms with Crippen molar-refractivity contribution in [3.63, 3.8) is 0 Å². The summed E-state index contributed by atoms with van der Waals surface area (Å²) >= 11 is 0. The summed E-state index contributed by atoms with van der Waals surface area (Å²) in [4.78, 5) is 46.7. The molecule has 3 aliphatic rings. The third-order valence-electron chi connectivity index (χ3n) is 7.66. The van der Waals surface area contributed by atoms with Crippen molar-refractivity contribution in [3.05, 3.63) is 37.7 Å². The number of imidazole rings is 3. The molecule has 0 amide bonds. The van der Waals surface area contributed by atoms with Gasteiger partial charge >= 0.3 is 15.6 Å². The number of aromatic nitrogens is 9. The summed E-state index contributed by atoms with van der Waals surface area (Å²) in [7, 11) is -9.41. The lowest BCUT2D eigenvalue weighted by Gasteiger charge is -2.26. The van der Waals surface area contributed by atoms with Crippen LogP contribution in [-0.4, -0.2) is 90.9 Å². The first kappa shape index (κ1) is 28.1. The average molecular weight is 650 g/mol. The van der Waals surface area contributed by atoms with Gasteiger partial charge in [-0.3, -0.25) is 31.6 Å². The van der Waals surface area contributed by atoms with Gasteiger partial charge in [0, 0.05) is 25.2 Å². The van der Waals surface area contributed by atoms with Crippen molar-refractivity contribution >= 4 is 49.4 Å². The minimum atomic E-state index is -4.70. The van der Waals surface area contributed by atoms with Crippen molar-refractivity contribution in [1.29, 1.82) is 0 Å². The predicted octanol–water partition coefficient (Wildman–Crippen LogP) is 1.09. The van der Waals surface area contributed by atoms with Crippen molar-refractivity contribution in [2.24, 2.45) is 0 Å². The van der Waals surface area contributed by atoms with Crippen LogP contribution in [0.3, 0.4) is 0 Å². The Kier molecular flexibility index (Phi) is 6.58. The van der Waals surface area contributed by atoms with E-state index in [0.29, 0.717) is 28.0 Å². The summed E-state index contributed by atoms with van der Waals surface area (Å²) in [6.07, 6.45) is 3.26. The molecule has 8 heterocycles. The van der Waals surface area contributed by atoms with Crippen LogP contribution in [0.4, 0.5) is 5.82 Å². The molecule has 0 radical (unpaired) electrons. The molecule has 5 aromatic heterocycles. The Morgan fingerprint density at radius 3 is 1.95 bits per heavy atom. The Balaban J connectivity index is 1.04. The molecular weight excluding hydrogens is 626 g/mol. The fraction of sp³-hybridized carbons (Fsp3) is 0.455. The van der Waals surface area contributed by atoms with Crippen molar-refractivity contribution in [1.82, 2.24) is 43.4 Å². The van der Waals surface area contributed by atoms with Crippen molar-refractivity contribution in [2.45, 2.75) is 49.7 Å². The second kappa shape index (κ2) is 10.3. The highest BCUT2D eigenvalue weighted by Gasteiger charge is 2.47. The van der Waals surface area contributed by atoms with Gasteiger partial charge in [-0.25, -0.2) is 39.0 Å². The quantitative estimate of drug-likeness (QED) is 0.226. The van der Waals surface area contributed by atoms with E-state index in [9.17, 15) is 18.9 Å². The van der Waals surface area contributed by atoms with Gasteiger partial charge < -0.3 is 25.0 Å². The summed E-state index contributed by atoms with van der Waals surface area (Å²) in [5.74, 6) is 0.160. The maximum Gasteiger partial charge on any atom is 0.472 e. The van der Waals surface area contributed by atoms with Crippen LogP contribution in [0, 0.1) is 0 Å². The molecular formula is C22H24N10O10P2. The second-order valence-corrected chi connectivity index (χ2v) is 13.2. The number of nitrogens with zero attached hydrogens (tertiary/aromatic N) is 9. The highest BCUT2D eigenvalue weighted by molar-refractivity contribution is 7.47. The molecule has 0 aliphatic carbocycles. The van der Waals surface area contributed by atoms with Gasteiger partial charge in [-0.15, -0.1) is 0 Å². The number of nitrogens with two attached hydrogens (primary N) is 1. The van der Waals surface area contributed by atoms with Crippen molar-refractivity contribution < 1.29 is 46.5 Å². The summed E-state index contributed by atoms with van der Waals surface area (Å²) < 4.78 is 64.8. The predicted molar refractivity (Wildman–Crippen MR) is 144 cm³/mol. The lowest BCUT2D eigenvalue weighted by molar-refractivity contribution is -0.0661. The molecule has 2 unspecified atom stereocenters. The molecule has 232 valence electrons. The van der Waals surface area contributed by atoms with Crippen molar-refractivity contribution in [2.75, 3.05) is 18.9 Å². The summed E-state index contributed by atoms with van der Waals surface area (Å²) in [5.41, 5.74) is 8.11. The third kappa shape index (κ3) is 4.89. The van der Waals surface area contributed by atoms with Gasteiger partial charge in [0.05, 0.1) is 25.9 Å². The van der Waals surface area contributed by atoms with Crippen LogP contribution < -0.4 is 5.73 Å². The van der Waals surface area contributed by atoms with E-state index in [1.807, 2.05) is 0 Å². The first-order chi connectivity index (χ1) is 21.1. The molecule has 3 fully saturated rings. The maximum atomic E-state index is 13.1. The molecule has 5 aromatic rings. The molecule has 20 nitrogen and oxygen atoms in total. The molecule has 3 saturated heterocycles. The molecule has 0 spiro atoms. The zero-order valence-corrected chi connectivity index (χ0v) is 24.2.